The Morgan fingerprint density at radius 3 is 1.76 bits per heavy atom. The van der Waals surface area contributed by atoms with Crippen LogP contribution >= 0.6 is 22.7 Å². The summed E-state index contributed by atoms with van der Waals surface area (Å²) in [6, 6.07) is 14.5. The molecule has 4 aromatic rings. The molecule has 0 aliphatic carbocycles. The summed E-state index contributed by atoms with van der Waals surface area (Å²) >= 11 is 3.44. The van der Waals surface area contributed by atoms with Crippen molar-refractivity contribution in [3.8, 4) is 27.1 Å². The number of aromatic nitrogens is 3. The molecule has 0 saturated carbocycles. The highest BCUT2D eigenvalue weighted by atomic mass is 32.1. The van der Waals surface area contributed by atoms with Crippen molar-refractivity contribution < 1.29 is 0 Å². The van der Waals surface area contributed by atoms with E-state index in [-0.39, 0.29) is 0 Å². The van der Waals surface area contributed by atoms with Crippen molar-refractivity contribution in [3.05, 3.63) is 65.6 Å². The highest BCUT2D eigenvalue weighted by Crippen LogP contribution is 2.34. The number of hydrogen-bond acceptors (Lipinski definition) is 4. The van der Waals surface area contributed by atoms with Crippen LogP contribution in [-0.2, 0) is 0 Å². The maximum Gasteiger partial charge on any atom is 0.234 e. The summed E-state index contributed by atoms with van der Waals surface area (Å²) in [5.41, 5.74) is 2.25. The largest absolute Gasteiger partial charge is 0.276 e. The maximum absolute atomic E-state index is 4.42. The quantitative estimate of drug-likeness (QED) is 0.548. The minimum absolute atomic E-state index is 0.703. The van der Waals surface area contributed by atoms with Gasteiger partial charge in [-0.2, -0.15) is 0 Å². The zero-order chi connectivity index (χ0) is 14.1. The van der Waals surface area contributed by atoms with Crippen LogP contribution < -0.4 is 0 Å². The monoisotopic (exact) mass is 309 g/mol. The van der Waals surface area contributed by atoms with E-state index in [1.807, 2.05) is 6.07 Å². The minimum atomic E-state index is 0.703. The van der Waals surface area contributed by atoms with E-state index in [4.69, 9.17) is 0 Å². The minimum Gasteiger partial charge on any atom is -0.276 e. The summed E-state index contributed by atoms with van der Waals surface area (Å²) in [4.78, 5) is 11.3. The molecule has 0 bridgehead atoms. The molecule has 0 unspecified atom stereocenters. The van der Waals surface area contributed by atoms with Crippen LogP contribution in [-0.4, -0.2) is 14.5 Å². The lowest BCUT2D eigenvalue weighted by molar-refractivity contribution is 0.951. The van der Waals surface area contributed by atoms with Gasteiger partial charge in [0.1, 0.15) is 0 Å². The smallest absolute Gasteiger partial charge is 0.234 e. The highest BCUT2D eigenvalue weighted by molar-refractivity contribution is 7.14. The Morgan fingerprint density at radius 1 is 0.714 bits per heavy atom. The lowest BCUT2D eigenvalue weighted by Crippen LogP contribution is -2.02. The zero-order valence-corrected chi connectivity index (χ0v) is 12.6. The Bertz CT molecular complexity index is 779. The predicted octanol–water partition coefficient (Wildman–Crippen LogP) is 4.72. The van der Waals surface area contributed by atoms with E-state index < -0.39 is 0 Å². The van der Waals surface area contributed by atoms with Crippen molar-refractivity contribution in [2.75, 3.05) is 0 Å². The Kier molecular flexibility index (Phi) is 3.14. The molecule has 3 nitrogen and oxygen atoms in total. The van der Waals surface area contributed by atoms with Crippen molar-refractivity contribution in [2.24, 2.45) is 0 Å². The molecule has 0 spiro atoms. The van der Waals surface area contributed by atoms with Gasteiger partial charge in [0.15, 0.2) is 0 Å². The van der Waals surface area contributed by atoms with Gasteiger partial charge in [-0.1, -0.05) is 12.1 Å². The van der Waals surface area contributed by atoms with Gasteiger partial charge >= 0.3 is 0 Å². The molecular formula is C16H11N3S2. The standard InChI is InChI=1S/C16H11N3S2/c1-4-14(20-10-1)12-6-7-13(15-5-2-11-21-15)19(12)16-17-8-3-9-18-16/h1-11H. The first-order chi connectivity index (χ1) is 10.4. The van der Waals surface area contributed by atoms with E-state index in [1.165, 1.54) is 9.75 Å². The summed E-state index contributed by atoms with van der Waals surface area (Å²) < 4.78 is 2.12. The lowest BCUT2D eigenvalue weighted by atomic mass is 10.3. The van der Waals surface area contributed by atoms with Crippen molar-refractivity contribution >= 4 is 22.7 Å². The van der Waals surface area contributed by atoms with Gasteiger partial charge in [0.05, 0.1) is 21.1 Å². The molecule has 5 heteroatoms. The summed E-state index contributed by atoms with van der Waals surface area (Å²) in [6.07, 6.45) is 3.55. The van der Waals surface area contributed by atoms with E-state index in [1.54, 1.807) is 35.1 Å². The topological polar surface area (TPSA) is 30.7 Å². The van der Waals surface area contributed by atoms with E-state index >= 15 is 0 Å². The van der Waals surface area contributed by atoms with Crippen molar-refractivity contribution in [1.82, 2.24) is 14.5 Å². The fourth-order valence-electron chi connectivity index (χ4n) is 2.29. The van der Waals surface area contributed by atoms with Gasteiger partial charge in [0.25, 0.3) is 0 Å². The normalized spacial score (nSPS) is 10.9. The van der Waals surface area contributed by atoms with Gasteiger partial charge in [-0.05, 0) is 41.1 Å². The van der Waals surface area contributed by atoms with Crippen LogP contribution in [0.25, 0.3) is 27.1 Å². The van der Waals surface area contributed by atoms with Crippen LogP contribution in [0.5, 0.6) is 0 Å². The van der Waals surface area contributed by atoms with E-state index in [2.05, 4.69) is 61.7 Å². The third-order valence-electron chi connectivity index (χ3n) is 3.18. The number of nitrogens with zero attached hydrogens (tertiary/aromatic N) is 3. The molecule has 4 rings (SSSR count). The maximum atomic E-state index is 4.42. The zero-order valence-electron chi connectivity index (χ0n) is 11.0. The van der Waals surface area contributed by atoms with Gasteiger partial charge in [-0.15, -0.1) is 22.7 Å². The van der Waals surface area contributed by atoms with E-state index in [9.17, 15) is 0 Å². The fourth-order valence-corrected chi connectivity index (χ4v) is 3.77. The van der Waals surface area contributed by atoms with E-state index in [0.717, 1.165) is 11.4 Å². The van der Waals surface area contributed by atoms with Gasteiger partial charge in [0.2, 0.25) is 5.95 Å². The molecule has 0 aliphatic rings. The highest BCUT2D eigenvalue weighted by Gasteiger charge is 2.16. The molecule has 0 fully saturated rings. The fraction of sp³-hybridized carbons (Fsp3) is 0. The van der Waals surface area contributed by atoms with Gasteiger partial charge in [0, 0.05) is 12.4 Å². The molecule has 0 aromatic carbocycles. The molecule has 0 radical (unpaired) electrons. The average Bonchev–Trinajstić information content (AvgIpc) is 3.27. The molecule has 0 amide bonds. The second-order valence-corrected chi connectivity index (χ2v) is 6.34. The van der Waals surface area contributed by atoms with Crippen LogP contribution in [0.2, 0.25) is 0 Å². The van der Waals surface area contributed by atoms with Crippen LogP contribution in [0.1, 0.15) is 0 Å². The molecule has 0 N–H and O–H groups in total. The van der Waals surface area contributed by atoms with Gasteiger partial charge in [-0.25, -0.2) is 9.97 Å². The summed E-state index contributed by atoms with van der Waals surface area (Å²) in [6.45, 7) is 0. The summed E-state index contributed by atoms with van der Waals surface area (Å²) in [5, 5.41) is 4.17. The first kappa shape index (κ1) is 12.5. The molecule has 4 aromatic heterocycles. The summed E-state index contributed by atoms with van der Waals surface area (Å²) in [7, 11) is 0. The van der Waals surface area contributed by atoms with Crippen LogP contribution in [0.3, 0.4) is 0 Å². The first-order valence-corrected chi connectivity index (χ1v) is 8.26. The molecule has 21 heavy (non-hydrogen) atoms. The van der Waals surface area contributed by atoms with E-state index in [0.29, 0.717) is 5.95 Å². The number of thiophene rings is 2. The average molecular weight is 309 g/mol. The number of rotatable bonds is 3. The van der Waals surface area contributed by atoms with Crippen LogP contribution in [0, 0.1) is 0 Å². The summed E-state index contributed by atoms with van der Waals surface area (Å²) in [5.74, 6) is 0.703. The second-order valence-electron chi connectivity index (χ2n) is 4.44. The molecule has 0 atom stereocenters. The van der Waals surface area contributed by atoms with Gasteiger partial charge < -0.3 is 0 Å². The van der Waals surface area contributed by atoms with Crippen molar-refractivity contribution in [1.29, 1.82) is 0 Å². The van der Waals surface area contributed by atoms with Crippen LogP contribution in [0.15, 0.2) is 65.6 Å². The molecular weight excluding hydrogens is 298 g/mol. The third-order valence-corrected chi connectivity index (χ3v) is 4.97. The second kappa shape index (κ2) is 5.27. The number of hydrogen-bond donors (Lipinski definition) is 0. The third kappa shape index (κ3) is 2.20. The molecule has 102 valence electrons. The molecule has 4 heterocycles. The predicted molar refractivity (Wildman–Crippen MR) is 88.0 cm³/mol. The van der Waals surface area contributed by atoms with Crippen molar-refractivity contribution in [3.63, 3.8) is 0 Å². The first-order valence-electron chi connectivity index (χ1n) is 6.50. The van der Waals surface area contributed by atoms with Crippen LogP contribution in [0.4, 0.5) is 0 Å². The molecule has 0 aliphatic heterocycles. The molecule has 0 saturated heterocycles. The van der Waals surface area contributed by atoms with Gasteiger partial charge in [-0.3, -0.25) is 4.57 Å². The Hall–Kier alpha value is -2.24. The Morgan fingerprint density at radius 2 is 1.29 bits per heavy atom. The lowest BCUT2D eigenvalue weighted by Gasteiger charge is -2.09. The Labute approximate surface area is 130 Å². The van der Waals surface area contributed by atoms with Crippen molar-refractivity contribution in [2.45, 2.75) is 0 Å². The Balaban J connectivity index is 1.98. The SMILES string of the molecule is c1cnc(-n2c(-c3cccs3)ccc2-c2cccs2)nc1.